The van der Waals surface area contributed by atoms with Crippen molar-refractivity contribution >= 4 is 17.5 Å². The van der Waals surface area contributed by atoms with Gasteiger partial charge >= 0.3 is 6.18 Å². The predicted octanol–water partition coefficient (Wildman–Crippen LogP) is 5.00. The molecule has 0 aliphatic carbocycles. The van der Waals surface area contributed by atoms with E-state index in [9.17, 15) is 31.5 Å². The summed E-state index contributed by atoms with van der Waals surface area (Å²) < 4.78 is 66.9. The van der Waals surface area contributed by atoms with Gasteiger partial charge in [0.15, 0.2) is 0 Å². The van der Waals surface area contributed by atoms with Crippen molar-refractivity contribution in [1.29, 1.82) is 0 Å². The highest BCUT2D eigenvalue weighted by atomic mass is 19.4. The molecule has 0 saturated carbocycles. The summed E-state index contributed by atoms with van der Waals surface area (Å²) in [6.07, 6.45) is -4.61. The van der Waals surface area contributed by atoms with Crippen molar-refractivity contribution < 1.29 is 31.5 Å². The van der Waals surface area contributed by atoms with Crippen LogP contribution in [0.1, 0.15) is 26.3 Å². The Hall–Kier alpha value is -3.75. The van der Waals surface area contributed by atoms with Crippen molar-refractivity contribution in [2.45, 2.75) is 6.18 Å². The summed E-state index contributed by atoms with van der Waals surface area (Å²) in [6, 6.07) is 10.1. The largest absolute Gasteiger partial charge is 0.416 e. The zero-order chi connectivity index (χ0) is 22.1. The second kappa shape index (κ2) is 7.94. The molecule has 0 aliphatic rings. The number of alkyl halides is 3. The van der Waals surface area contributed by atoms with E-state index >= 15 is 0 Å². The molecule has 154 valence electrons. The van der Waals surface area contributed by atoms with E-state index in [0.717, 1.165) is 54.6 Å². The first-order valence-electron chi connectivity index (χ1n) is 8.44. The molecule has 0 aromatic heterocycles. The quantitative estimate of drug-likeness (QED) is 0.583. The number of benzene rings is 3. The van der Waals surface area contributed by atoms with Crippen LogP contribution in [-0.2, 0) is 6.18 Å². The van der Waals surface area contributed by atoms with Gasteiger partial charge in [0.25, 0.3) is 5.91 Å². The second-order valence-corrected chi connectivity index (χ2v) is 6.28. The minimum atomic E-state index is -4.61. The molecule has 3 rings (SSSR count). The van der Waals surface area contributed by atoms with Crippen LogP contribution in [-0.4, -0.2) is 11.8 Å². The number of hydrogen-bond donors (Lipinski definition) is 2. The summed E-state index contributed by atoms with van der Waals surface area (Å²) in [5.74, 6) is -3.55. The Kier molecular flexibility index (Phi) is 5.55. The fourth-order valence-corrected chi connectivity index (χ4v) is 2.78. The summed E-state index contributed by atoms with van der Waals surface area (Å²) in [7, 11) is 0. The fourth-order valence-electron chi connectivity index (χ4n) is 2.78. The second-order valence-electron chi connectivity index (χ2n) is 6.28. The average Bonchev–Trinajstić information content (AvgIpc) is 2.68. The van der Waals surface area contributed by atoms with E-state index in [1.165, 1.54) is 6.07 Å². The molecular weight excluding hydrogens is 407 g/mol. The molecule has 0 unspecified atom stereocenters. The third kappa shape index (κ3) is 4.45. The molecule has 4 nitrogen and oxygen atoms in total. The Balaban J connectivity index is 2.04. The fraction of sp³-hybridized carbons (Fsp3) is 0.0476. The molecule has 2 amide bonds. The summed E-state index contributed by atoms with van der Waals surface area (Å²) in [4.78, 5) is 24.0. The van der Waals surface area contributed by atoms with Crippen molar-refractivity contribution in [2.24, 2.45) is 5.73 Å². The third-order valence-electron chi connectivity index (χ3n) is 4.23. The number of carbonyl (C=O) groups excluding carboxylic acids is 2. The van der Waals surface area contributed by atoms with Crippen molar-refractivity contribution in [3.05, 3.63) is 89.0 Å². The van der Waals surface area contributed by atoms with Gasteiger partial charge in [0.1, 0.15) is 11.6 Å². The van der Waals surface area contributed by atoms with Crippen LogP contribution in [0.3, 0.4) is 0 Å². The maximum Gasteiger partial charge on any atom is 0.416 e. The Morgan fingerprint density at radius 2 is 1.63 bits per heavy atom. The van der Waals surface area contributed by atoms with E-state index in [4.69, 9.17) is 5.73 Å². The maximum absolute atomic E-state index is 14.0. The summed E-state index contributed by atoms with van der Waals surface area (Å²) in [5, 5.41) is 2.19. The SMILES string of the molecule is NC(=O)c1ccc(F)c(NC(=O)c2cc(F)ccc2-c2cccc(C(F)(F)F)c2)c1. The number of anilines is 1. The molecule has 0 aliphatic heterocycles. The van der Waals surface area contributed by atoms with Gasteiger partial charge in [0.05, 0.1) is 16.8 Å². The van der Waals surface area contributed by atoms with Crippen LogP contribution >= 0.6 is 0 Å². The molecule has 0 spiro atoms. The minimum absolute atomic E-state index is 0.00599. The molecule has 3 aromatic carbocycles. The van der Waals surface area contributed by atoms with E-state index in [1.807, 2.05) is 0 Å². The molecule has 0 fully saturated rings. The molecule has 3 N–H and O–H groups in total. The van der Waals surface area contributed by atoms with Gasteiger partial charge < -0.3 is 11.1 Å². The Bertz CT molecular complexity index is 1140. The highest BCUT2D eigenvalue weighted by Gasteiger charge is 2.30. The number of rotatable bonds is 4. The van der Waals surface area contributed by atoms with E-state index < -0.39 is 40.9 Å². The smallest absolute Gasteiger partial charge is 0.366 e. The van der Waals surface area contributed by atoms with E-state index in [-0.39, 0.29) is 22.3 Å². The number of primary amides is 1. The number of carbonyl (C=O) groups is 2. The molecule has 0 heterocycles. The first kappa shape index (κ1) is 21.0. The van der Waals surface area contributed by atoms with Crippen molar-refractivity contribution in [2.75, 3.05) is 5.32 Å². The standard InChI is InChI=1S/C21H13F5N2O2/c22-14-5-6-15(11-2-1-3-13(8-11)21(24,25)26)16(10-14)20(30)28-18-9-12(19(27)29)4-7-17(18)23/h1-10H,(H2,27,29)(H,28,30). The van der Waals surface area contributed by atoms with Gasteiger partial charge in [-0.15, -0.1) is 0 Å². The van der Waals surface area contributed by atoms with E-state index in [0.29, 0.717) is 0 Å². The zero-order valence-electron chi connectivity index (χ0n) is 15.1. The summed E-state index contributed by atoms with van der Waals surface area (Å²) >= 11 is 0. The molecule has 0 atom stereocenters. The van der Waals surface area contributed by atoms with Crippen LogP contribution in [0.4, 0.5) is 27.6 Å². The lowest BCUT2D eigenvalue weighted by atomic mass is 9.97. The summed E-state index contributed by atoms with van der Waals surface area (Å²) in [6.45, 7) is 0. The lowest BCUT2D eigenvalue weighted by molar-refractivity contribution is -0.137. The Morgan fingerprint density at radius 1 is 0.900 bits per heavy atom. The molecule has 0 saturated heterocycles. The topological polar surface area (TPSA) is 72.2 Å². The molecule has 0 bridgehead atoms. The highest BCUT2D eigenvalue weighted by molar-refractivity contribution is 6.09. The Labute approximate surface area is 167 Å². The van der Waals surface area contributed by atoms with Gasteiger partial charge in [-0.25, -0.2) is 8.78 Å². The van der Waals surface area contributed by atoms with Gasteiger partial charge in [-0.05, 0) is 53.6 Å². The number of amides is 2. The van der Waals surface area contributed by atoms with Gasteiger partial charge in [-0.3, -0.25) is 9.59 Å². The number of hydrogen-bond acceptors (Lipinski definition) is 2. The molecule has 0 radical (unpaired) electrons. The van der Waals surface area contributed by atoms with Crippen molar-refractivity contribution in [1.82, 2.24) is 0 Å². The Morgan fingerprint density at radius 3 is 2.30 bits per heavy atom. The predicted molar refractivity (Wildman–Crippen MR) is 99.7 cm³/mol. The van der Waals surface area contributed by atoms with E-state index in [2.05, 4.69) is 5.32 Å². The van der Waals surface area contributed by atoms with Gasteiger partial charge in [-0.1, -0.05) is 18.2 Å². The summed E-state index contributed by atoms with van der Waals surface area (Å²) in [5.41, 5.74) is 3.41. The van der Waals surface area contributed by atoms with E-state index in [1.54, 1.807) is 0 Å². The first-order valence-corrected chi connectivity index (χ1v) is 8.44. The van der Waals surface area contributed by atoms with Crippen LogP contribution in [0, 0.1) is 11.6 Å². The average molecular weight is 420 g/mol. The lowest BCUT2D eigenvalue weighted by Gasteiger charge is -2.13. The molecule has 3 aromatic rings. The van der Waals surface area contributed by atoms with Gasteiger partial charge in [-0.2, -0.15) is 13.2 Å². The van der Waals surface area contributed by atoms with Crippen molar-refractivity contribution in [3.63, 3.8) is 0 Å². The van der Waals surface area contributed by atoms with Crippen LogP contribution in [0.2, 0.25) is 0 Å². The zero-order valence-corrected chi connectivity index (χ0v) is 15.1. The molecule has 9 heteroatoms. The van der Waals surface area contributed by atoms with Gasteiger partial charge in [0, 0.05) is 5.56 Å². The minimum Gasteiger partial charge on any atom is -0.366 e. The number of nitrogens with two attached hydrogens (primary N) is 1. The maximum atomic E-state index is 14.0. The lowest BCUT2D eigenvalue weighted by Crippen LogP contribution is -2.16. The normalized spacial score (nSPS) is 11.2. The van der Waals surface area contributed by atoms with Crippen molar-refractivity contribution in [3.8, 4) is 11.1 Å². The van der Waals surface area contributed by atoms with Crippen LogP contribution in [0.25, 0.3) is 11.1 Å². The number of nitrogens with one attached hydrogen (secondary N) is 1. The number of halogens is 5. The highest BCUT2D eigenvalue weighted by Crippen LogP contribution is 2.33. The van der Waals surface area contributed by atoms with Crippen LogP contribution < -0.4 is 11.1 Å². The van der Waals surface area contributed by atoms with Gasteiger partial charge in [0.2, 0.25) is 5.91 Å². The molecule has 30 heavy (non-hydrogen) atoms. The van der Waals surface area contributed by atoms with Crippen LogP contribution in [0.5, 0.6) is 0 Å². The van der Waals surface area contributed by atoms with Crippen LogP contribution in [0.15, 0.2) is 60.7 Å². The first-order chi connectivity index (χ1) is 14.1. The monoisotopic (exact) mass is 420 g/mol. The molecular formula is C21H13F5N2O2. The third-order valence-corrected chi connectivity index (χ3v) is 4.23.